The van der Waals surface area contributed by atoms with Crippen LogP contribution in [0.1, 0.15) is 85.1 Å². The van der Waals surface area contributed by atoms with Crippen LogP contribution in [-0.4, -0.2) is 166 Å². The van der Waals surface area contributed by atoms with Crippen molar-refractivity contribution in [2.75, 3.05) is 37.7 Å². The number of carbonyl (C=O) groups excluding carboxylic acids is 10. The molecule has 9 atom stereocenters. The summed E-state index contributed by atoms with van der Waals surface area (Å²) in [7, 11) is 2.27. The van der Waals surface area contributed by atoms with Crippen molar-refractivity contribution in [1.29, 1.82) is 0 Å². The monoisotopic (exact) mass is 1050 g/mol. The number of ether oxygens (including phenoxy) is 1. The zero-order chi connectivity index (χ0) is 54.1. The van der Waals surface area contributed by atoms with E-state index >= 15 is 0 Å². The van der Waals surface area contributed by atoms with Gasteiger partial charge in [0.25, 0.3) is 5.97 Å². The molecule has 3 rings (SSSR count). The minimum absolute atomic E-state index is 0.0243. The Kier molecular flexibility index (Phi) is 27.5. The van der Waals surface area contributed by atoms with Crippen LogP contribution in [0.5, 0.6) is 5.75 Å². The Morgan fingerprint density at radius 1 is 0.861 bits per heavy atom. The average Bonchev–Trinajstić information content (AvgIpc) is 3.82. The Labute approximate surface area is 425 Å². The van der Waals surface area contributed by atoms with Crippen molar-refractivity contribution in [3.63, 3.8) is 0 Å². The molecule has 2 aliphatic heterocycles. The number of nitrogens with one attached hydrogen (secondary N) is 7. The van der Waals surface area contributed by atoms with Gasteiger partial charge in [0.05, 0.1) is 25.7 Å². The van der Waals surface area contributed by atoms with E-state index in [1.54, 1.807) is 38.1 Å². The molecule has 1 aromatic carbocycles. The van der Waals surface area contributed by atoms with Crippen LogP contribution in [0.4, 0.5) is 0 Å². The molecule has 27 heteroatoms. The summed E-state index contributed by atoms with van der Waals surface area (Å²) in [5.74, 6) is -8.90. The molecule has 1 unspecified atom stereocenters. The number of hydrogen-bond acceptors (Lipinski definition) is 16. The Morgan fingerprint density at radius 3 is 2.07 bits per heavy atom. The third-order valence-corrected chi connectivity index (χ3v) is 13.6. The van der Waals surface area contributed by atoms with E-state index in [1.165, 1.54) is 22.6 Å². The number of carbonyl (C=O) groups is 11. The van der Waals surface area contributed by atoms with E-state index in [0.717, 1.165) is 17.7 Å². The number of amides is 10. The number of aliphatic carboxylic acids is 1. The van der Waals surface area contributed by atoms with Gasteiger partial charge in [-0.3, -0.25) is 52.7 Å². The summed E-state index contributed by atoms with van der Waals surface area (Å²) in [4.78, 5) is 144. The number of nitrogens with two attached hydrogens (primary N) is 3. The average molecular weight is 1050 g/mol. The van der Waals surface area contributed by atoms with Crippen molar-refractivity contribution in [3.8, 4) is 5.75 Å². The molecule has 0 saturated carbocycles. The molecule has 0 bridgehead atoms. The van der Waals surface area contributed by atoms with Gasteiger partial charge in [-0.25, -0.2) is 0 Å². The molecule has 0 aromatic heterocycles. The fourth-order valence-electron chi connectivity index (χ4n) is 7.29. The second-order valence-electron chi connectivity index (χ2n) is 17.0. The molecule has 0 aliphatic carbocycles. The van der Waals surface area contributed by atoms with Crippen LogP contribution in [0.2, 0.25) is 0 Å². The summed E-state index contributed by atoms with van der Waals surface area (Å²) in [5.41, 5.74) is 17.0. The van der Waals surface area contributed by atoms with Crippen molar-refractivity contribution in [1.82, 2.24) is 42.1 Å². The number of nitrogens with zero attached hydrogens (tertiary/aromatic N) is 1. The molecule has 0 spiro atoms. The maximum atomic E-state index is 14.4. The number of carboxylic acids is 1. The van der Waals surface area contributed by atoms with Crippen LogP contribution in [0.3, 0.4) is 0 Å². The number of rotatable bonds is 18. The SMILES string of the molecule is CC(=O)O.CCOc1ccc(C[C@H]2NC(=O)CCSSC[C@@H](C(=O)N3CCC[C@H]3C(=O)N[C@@H](CCCN)C(=O)NCC(N)=O)NC(=O)[C@H](CC(N)=O)NC(=O)[C@H]([C@@H](C)O)NC(=O)C([C@@H](C)CC)NC2=O)cc1. The largest absolute Gasteiger partial charge is 0.494 e. The minimum Gasteiger partial charge on any atom is -0.494 e. The van der Waals surface area contributed by atoms with Crippen LogP contribution in [-0.2, 0) is 59.2 Å². The van der Waals surface area contributed by atoms with E-state index in [9.17, 15) is 53.1 Å². The molecule has 402 valence electrons. The summed E-state index contributed by atoms with van der Waals surface area (Å²) in [6.07, 6.45) is -1.05. The molecule has 10 amide bonds. The molecule has 2 saturated heterocycles. The van der Waals surface area contributed by atoms with E-state index in [1.807, 2.05) is 6.92 Å². The highest BCUT2D eigenvalue weighted by atomic mass is 33.1. The highest BCUT2D eigenvalue weighted by molar-refractivity contribution is 8.76. The number of aliphatic hydroxyl groups excluding tert-OH is 1. The van der Waals surface area contributed by atoms with E-state index < -0.39 is 132 Å². The molecule has 25 nitrogen and oxygen atoms in total. The topological polar surface area (TPSA) is 403 Å². The summed E-state index contributed by atoms with van der Waals surface area (Å²) >= 11 is 0. The van der Waals surface area contributed by atoms with Crippen LogP contribution >= 0.6 is 21.6 Å². The molecule has 72 heavy (non-hydrogen) atoms. The van der Waals surface area contributed by atoms with Crippen molar-refractivity contribution in [3.05, 3.63) is 29.8 Å². The summed E-state index contributed by atoms with van der Waals surface area (Å²) < 4.78 is 5.53. The van der Waals surface area contributed by atoms with Crippen molar-refractivity contribution >= 4 is 86.6 Å². The van der Waals surface area contributed by atoms with Crippen molar-refractivity contribution in [2.24, 2.45) is 23.1 Å². The first-order valence-electron chi connectivity index (χ1n) is 23.5. The molecular formula is C45H71N11O14S2. The maximum Gasteiger partial charge on any atom is 0.300 e. The maximum absolute atomic E-state index is 14.4. The second-order valence-corrected chi connectivity index (χ2v) is 19.7. The van der Waals surface area contributed by atoms with Gasteiger partial charge in [0.2, 0.25) is 59.1 Å². The van der Waals surface area contributed by atoms with Crippen molar-refractivity contribution in [2.45, 2.75) is 134 Å². The standard InChI is InChI=1S/C43H67N11O12S2.C2H4O2/c1-5-23(3)35-41(63)53-36(24(4)55)42(64)50-29(20-32(45)56)38(60)51-30(43(65)54-17-8-10-31(54)40(62)49-27(9-7-16-44)37(59)47-21-33(46)57)22-68-67-18-15-34(58)48-28(39(61)52-35)19-25-11-13-26(14-12-25)66-6-2;1-2(3)4/h11-14,23-24,27-31,35-36,55H,5-10,15-22,44H2,1-4H3,(H2,45,56)(H2,46,57)(H,47,59)(H,48,58)(H,49,62)(H,50,64)(H,51,60)(H,52,61)(H,53,63);1H3,(H,3,4)/t23-,24+,27-,28+,29-,30-,31-,35?,36-;/m0./s1. The lowest BCUT2D eigenvalue weighted by Crippen LogP contribution is -2.63. The Morgan fingerprint density at radius 2 is 1.49 bits per heavy atom. The smallest absolute Gasteiger partial charge is 0.300 e. The van der Waals surface area contributed by atoms with Gasteiger partial charge in [0.1, 0.15) is 48.0 Å². The molecule has 0 radical (unpaired) electrons. The van der Waals surface area contributed by atoms with Gasteiger partial charge in [0, 0.05) is 37.8 Å². The van der Waals surface area contributed by atoms with E-state index in [2.05, 4.69) is 37.2 Å². The van der Waals surface area contributed by atoms with E-state index in [4.69, 9.17) is 31.8 Å². The van der Waals surface area contributed by atoms with Gasteiger partial charge >= 0.3 is 0 Å². The van der Waals surface area contributed by atoms with Gasteiger partial charge in [-0.2, -0.15) is 0 Å². The van der Waals surface area contributed by atoms with Gasteiger partial charge < -0.3 is 74.3 Å². The van der Waals surface area contributed by atoms with Gasteiger partial charge in [-0.05, 0) is 69.7 Å². The first kappa shape index (κ1) is 61.9. The van der Waals surface area contributed by atoms with Gasteiger partial charge in [0.15, 0.2) is 0 Å². The van der Waals surface area contributed by atoms with Crippen molar-refractivity contribution < 1.29 is 67.7 Å². The van der Waals surface area contributed by atoms with E-state index in [-0.39, 0.29) is 50.3 Å². The van der Waals surface area contributed by atoms with Crippen LogP contribution in [0.25, 0.3) is 0 Å². The summed E-state index contributed by atoms with van der Waals surface area (Å²) in [5, 5.41) is 36.1. The first-order chi connectivity index (χ1) is 34.0. The lowest BCUT2D eigenvalue weighted by Gasteiger charge is -2.31. The number of hydrogen-bond donors (Lipinski definition) is 12. The summed E-state index contributed by atoms with van der Waals surface area (Å²) in [6.45, 7) is 7.80. The van der Waals surface area contributed by atoms with Gasteiger partial charge in [-0.1, -0.05) is 54.0 Å². The zero-order valence-corrected chi connectivity index (χ0v) is 42.8. The highest BCUT2D eigenvalue weighted by Gasteiger charge is 2.41. The second kappa shape index (κ2) is 32.0. The third-order valence-electron chi connectivity index (χ3n) is 11.2. The predicted octanol–water partition coefficient (Wildman–Crippen LogP) is -2.95. The van der Waals surface area contributed by atoms with Crippen LogP contribution in [0.15, 0.2) is 24.3 Å². The third kappa shape index (κ3) is 21.7. The van der Waals surface area contributed by atoms with Crippen LogP contribution in [0, 0.1) is 5.92 Å². The quantitative estimate of drug-likeness (QED) is 0.0654. The number of likely N-dealkylation sites (tertiary alicyclic amines) is 1. The zero-order valence-electron chi connectivity index (χ0n) is 41.2. The number of carboxylic acid groups (broad SMARTS) is 1. The molecule has 2 fully saturated rings. The number of primary amides is 2. The molecule has 2 aliphatic rings. The number of aliphatic hydroxyl groups is 1. The first-order valence-corrected chi connectivity index (χ1v) is 26.0. The molecule has 1 aromatic rings. The predicted molar refractivity (Wildman–Crippen MR) is 266 cm³/mol. The molecule has 2 heterocycles. The highest BCUT2D eigenvalue weighted by Crippen LogP contribution is 2.26. The van der Waals surface area contributed by atoms with Crippen LogP contribution < -0.4 is 59.2 Å². The fourth-order valence-corrected chi connectivity index (χ4v) is 9.44. The molecular weight excluding hydrogens is 983 g/mol. The summed E-state index contributed by atoms with van der Waals surface area (Å²) in [6, 6.07) is -2.62. The number of benzene rings is 1. The lowest BCUT2D eigenvalue weighted by molar-refractivity contribution is -0.142. The normalized spacial score (nSPS) is 22.8. The lowest BCUT2D eigenvalue weighted by atomic mass is 9.96. The fraction of sp³-hybridized carbons (Fsp3) is 0.622. The van der Waals surface area contributed by atoms with Gasteiger partial charge in [-0.15, -0.1) is 0 Å². The van der Waals surface area contributed by atoms with E-state index in [0.29, 0.717) is 37.2 Å². The molecule has 15 N–H and O–H groups in total. The minimum atomic E-state index is -1.74. The Hall–Kier alpha value is -6.19. The Bertz CT molecular complexity index is 2050. The Balaban J connectivity index is 0.00000427.